The number of hydrogen-bond donors (Lipinski definition) is 0. The Morgan fingerprint density at radius 2 is 1.83 bits per heavy atom. The van der Waals surface area contributed by atoms with E-state index in [1.54, 1.807) is 0 Å². The molecule has 0 spiro atoms. The Balaban J connectivity index is 2.68. The molecule has 170 valence electrons. The first kappa shape index (κ1) is 26.2. The second kappa shape index (κ2) is 14.2. The first-order valence-corrected chi connectivity index (χ1v) is 12.0. The Morgan fingerprint density at radius 1 is 1.17 bits per heavy atom. The van der Waals surface area contributed by atoms with Gasteiger partial charge in [-0.15, -0.1) is 0 Å². The maximum absolute atomic E-state index is 11.2. The lowest BCUT2D eigenvalue weighted by Gasteiger charge is -2.39. The van der Waals surface area contributed by atoms with E-state index in [9.17, 15) is 4.79 Å². The van der Waals surface area contributed by atoms with Gasteiger partial charge in [-0.1, -0.05) is 6.58 Å². The standard InChI is InChI=1S/C19H36O9Si/c1-6-18(20)24-13-10-14-29(21-4,22-5)28-19(26-7-2,27-8-3)11-9-12-23-15-17-16-25-17/h6,17H,1,7-16H2,2-5H3. The summed E-state index contributed by atoms with van der Waals surface area (Å²) in [6.07, 6.45) is 2.98. The predicted molar refractivity (Wildman–Crippen MR) is 107 cm³/mol. The molecule has 1 aliphatic rings. The Hall–Kier alpha value is -0.853. The summed E-state index contributed by atoms with van der Waals surface area (Å²) in [5.74, 6) is -1.76. The second-order valence-corrected chi connectivity index (χ2v) is 9.24. The highest BCUT2D eigenvalue weighted by molar-refractivity contribution is 6.60. The molecule has 0 amide bonds. The van der Waals surface area contributed by atoms with Crippen LogP contribution in [0.2, 0.25) is 6.04 Å². The number of carbonyl (C=O) groups excluding carboxylic acids is 1. The molecule has 29 heavy (non-hydrogen) atoms. The van der Waals surface area contributed by atoms with Crippen LogP contribution in [0.15, 0.2) is 12.7 Å². The second-order valence-electron chi connectivity index (χ2n) is 6.35. The molecule has 10 heteroatoms. The number of carbonyl (C=O) groups is 1. The SMILES string of the molecule is C=CC(=O)OCCC[Si](OC)(OC)OC(CCCOCC1CO1)(OCC)OCC. The van der Waals surface area contributed by atoms with Crippen LogP contribution in [-0.4, -0.2) is 80.7 Å². The predicted octanol–water partition coefficient (Wildman–Crippen LogP) is 2.28. The highest BCUT2D eigenvalue weighted by atomic mass is 28.4. The van der Waals surface area contributed by atoms with Crippen LogP contribution in [0, 0.1) is 0 Å². The fourth-order valence-corrected chi connectivity index (χ4v) is 4.80. The molecular weight excluding hydrogens is 400 g/mol. The average molecular weight is 437 g/mol. The van der Waals surface area contributed by atoms with Crippen molar-refractivity contribution in [3.63, 3.8) is 0 Å². The maximum atomic E-state index is 11.2. The lowest BCUT2D eigenvalue weighted by Crippen LogP contribution is -2.54. The van der Waals surface area contributed by atoms with Gasteiger partial charge in [0.15, 0.2) is 0 Å². The molecule has 0 N–H and O–H groups in total. The molecule has 0 aromatic heterocycles. The summed E-state index contributed by atoms with van der Waals surface area (Å²) in [4.78, 5) is 11.2. The van der Waals surface area contributed by atoms with Crippen molar-refractivity contribution in [3.05, 3.63) is 12.7 Å². The van der Waals surface area contributed by atoms with E-state index in [-0.39, 0.29) is 12.7 Å². The van der Waals surface area contributed by atoms with Gasteiger partial charge in [0.25, 0.3) is 5.97 Å². The maximum Gasteiger partial charge on any atom is 0.504 e. The van der Waals surface area contributed by atoms with Gasteiger partial charge in [-0.2, -0.15) is 0 Å². The molecule has 1 atom stereocenters. The molecule has 0 bridgehead atoms. The van der Waals surface area contributed by atoms with Crippen molar-refractivity contribution >= 4 is 14.8 Å². The van der Waals surface area contributed by atoms with Crippen LogP contribution in [0.3, 0.4) is 0 Å². The van der Waals surface area contributed by atoms with E-state index in [0.29, 0.717) is 51.7 Å². The topological polar surface area (TPSA) is 94.2 Å². The van der Waals surface area contributed by atoms with Crippen LogP contribution in [-0.2, 0) is 41.8 Å². The van der Waals surface area contributed by atoms with Crippen molar-refractivity contribution in [1.29, 1.82) is 0 Å². The third kappa shape index (κ3) is 10.1. The smallest absolute Gasteiger partial charge is 0.463 e. The van der Waals surface area contributed by atoms with E-state index in [2.05, 4.69) is 6.58 Å². The largest absolute Gasteiger partial charge is 0.504 e. The number of esters is 1. The normalized spacial score (nSPS) is 16.6. The fourth-order valence-electron chi connectivity index (χ4n) is 2.68. The number of rotatable bonds is 19. The summed E-state index contributed by atoms with van der Waals surface area (Å²) in [6, 6.07) is 0.432. The summed E-state index contributed by atoms with van der Waals surface area (Å²) >= 11 is 0. The van der Waals surface area contributed by atoms with E-state index < -0.39 is 20.7 Å². The van der Waals surface area contributed by atoms with E-state index in [1.807, 2.05) is 13.8 Å². The van der Waals surface area contributed by atoms with Crippen molar-refractivity contribution < 1.29 is 41.8 Å². The van der Waals surface area contributed by atoms with Crippen LogP contribution in [0.1, 0.15) is 33.1 Å². The van der Waals surface area contributed by atoms with Crippen molar-refractivity contribution in [3.8, 4) is 0 Å². The third-order valence-electron chi connectivity index (χ3n) is 4.18. The van der Waals surface area contributed by atoms with Crippen LogP contribution < -0.4 is 0 Å². The minimum Gasteiger partial charge on any atom is -0.463 e. The Kier molecular flexibility index (Phi) is 12.8. The average Bonchev–Trinajstić information content (AvgIpc) is 3.54. The zero-order chi connectivity index (χ0) is 21.6. The summed E-state index contributed by atoms with van der Waals surface area (Å²) in [5.41, 5.74) is 0. The first-order chi connectivity index (χ1) is 14.0. The van der Waals surface area contributed by atoms with Crippen molar-refractivity contribution in [2.24, 2.45) is 0 Å². The first-order valence-electron chi connectivity index (χ1n) is 10.1. The minimum absolute atomic E-state index is 0.211. The quantitative estimate of drug-likeness (QED) is 0.0754. The van der Waals surface area contributed by atoms with Crippen LogP contribution in [0.25, 0.3) is 0 Å². The monoisotopic (exact) mass is 436 g/mol. The Labute approximate surface area is 174 Å². The molecule has 0 saturated carbocycles. The Morgan fingerprint density at radius 3 is 2.34 bits per heavy atom. The molecule has 0 aromatic carbocycles. The molecule has 9 nitrogen and oxygen atoms in total. The molecule has 1 aliphatic heterocycles. The molecule has 1 saturated heterocycles. The molecule has 1 fully saturated rings. The number of epoxide rings is 1. The zero-order valence-corrected chi connectivity index (χ0v) is 19.1. The highest BCUT2D eigenvalue weighted by Gasteiger charge is 2.48. The summed E-state index contributed by atoms with van der Waals surface area (Å²) in [7, 11) is -0.0707. The zero-order valence-electron chi connectivity index (χ0n) is 18.1. The van der Waals surface area contributed by atoms with Crippen molar-refractivity contribution in [2.75, 3.05) is 53.9 Å². The number of hydrogen-bond acceptors (Lipinski definition) is 9. The van der Waals surface area contributed by atoms with Gasteiger partial charge in [0.1, 0.15) is 6.10 Å². The molecule has 0 aliphatic carbocycles. The van der Waals surface area contributed by atoms with E-state index in [1.165, 1.54) is 14.2 Å². The van der Waals surface area contributed by atoms with E-state index in [4.69, 9.17) is 37.0 Å². The molecule has 1 rings (SSSR count). The van der Waals surface area contributed by atoms with Crippen LogP contribution >= 0.6 is 0 Å². The van der Waals surface area contributed by atoms with Gasteiger partial charge in [0.2, 0.25) is 0 Å². The van der Waals surface area contributed by atoms with Crippen LogP contribution in [0.5, 0.6) is 0 Å². The lowest BCUT2D eigenvalue weighted by molar-refractivity contribution is -0.359. The van der Waals surface area contributed by atoms with Crippen molar-refractivity contribution in [2.45, 2.75) is 51.2 Å². The van der Waals surface area contributed by atoms with Gasteiger partial charge in [-0.3, -0.25) is 0 Å². The molecule has 0 radical (unpaired) electrons. The lowest BCUT2D eigenvalue weighted by atomic mass is 10.3. The summed E-state index contributed by atoms with van der Waals surface area (Å²) < 4.78 is 45.1. The van der Waals surface area contributed by atoms with Gasteiger partial charge in [0.05, 0.1) is 19.8 Å². The molecular formula is C19H36O9Si. The Bertz CT molecular complexity index is 461. The van der Waals surface area contributed by atoms with Gasteiger partial charge >= 0.3 is 14.8 Å². The van der Waals surface area contributed by atoms with Crippen LogP contribution in [0.4, 0.5) is 0 Å². The summed E-state index contributed by atoms with van der Waals surface area (Å²) in [5, 5.41) is 0. The fraction of sp³-hybridized carbons (Fsp3) is 0.842. The van der Waals surface area contributed by atoms with Gasteiger partial charge in [-0.05, 0) is 26.7 Å². The van der Waals surface area contributed by atoms with Gasteiger partial charge in [0, 0.05) is 52.6 Å². The van der Waals surface area contributed by atoms with Gasteiger partial charge in [-0.25, -0.2) is 4.79 Å². The third-order valence-corrected chi connectivity index (χ3v) is 7.01. The number of ether oxygens (including phenoxy) is 5. The summed E-state index contributed by atoms with van der Waals surface area (Å²) in [6.45, 7) is 10.0. The van der Waals surface area contributed by atoms with Gasteiger partial charge < -0.3 is 37.0 Å². The molecule has 0 aromatic rings. The van der Waals surface area contributed by atoms with Crippen molar-refractivity contribution in [1.82, 2.24) is 0 Å². The van der Waals surface area contributed by atoms with E-state index >= 15 is 0 Å². The minimum atomic E-state index is -3.14. The molecule has 1 unspecified atom stereocenters. The van der Waals surface area contributed by atoms with E-state index in [0.717, 1.165) is 12.7 Å². The molecule has 1 heterocycles. The highest BCUT2D eigenvalue weighted by Crippen LogP contribution is 2.30.